The third-order valence-corrected chi connectivity index (χ3v) is 3.95. The van der Waals surface area contributed by atoms with Gasteiger partial charge in [0.15, 0.2) is 17.4 Å². The Morgan fingerprint density at radius 3 is 2.79 bits per heavy atom. The number of fused-ring (bicyclic) bond motifs is 1. The second-order valence-corrected chi connectivity index (χ2v) is 6.35. The summed E-state index contributed by atoms with van der Waals surface area (Å²) in [7, 11) is -4.76. The minimum Gasteiger partial charge on any atom is -0.387 e. The molecule has 0 amide bonds. The van der Waals surface area contributed by atoms with E-state index < -0.39 is 44.5 Å². The maximum Gasteiger partial charge on any atom is 0.469 e. The van der Waals surface area contributed by atoms with Gasteiger partial charge in [-0.2, -0.15) is 4.98 Å². The maximum absolute atomic E-state index is 11.7. The zero-order valence-corrected chi connectivity index (χ0v) is 12.8. The minimum absolute atomic E-state index is 0.0176. The third kappa shape index (κ3) is 3.06. The van der Waals surface area contributed by atoms with Crippen molar-refractivity contribution in [2.24, 2.45) is 0 Å². The van der Waals surface area contributed by atoms with Gasteiger partial charge in [-0.15, -0.1) is 0 Å². The Morgan fingerprint density at radius 2 is 2.12 bits per heavy atom. The summed E-state index contributed by atoms with van der Waals surface area (Å²) in [6.07, 6.45) is -4.22. The summed E-state index contributed by atoms with van der Waals surface area (Å²) in [6, 6.07) is 0. The number of hydrogen-bond donors (Lipinski definition) is 6. The van der Waals surface area contributed by atoms with Crippen molar-refractivity contribution >= 4 is 24.9 Å². The van der Waals surface area contributed by atoms with Crippen LogP contribution < -0.4 is 11.3 Å². The Morgan fingerprint density at radius 1 is 1.42 bits per heavy atom. The van der Waals surface area contributed by atoms with Crippen LogP contribution in [0.2, 0.25) is 0 Å². The lowest BCUT2D eigenvalue weighted by atomic mass is 10.1. The number of aromatic nitrogens is 4. The second-order valence-electron chi connectivity index (χ2n) is 5.11. The number of hydrogen-bond acceptors (Lipinski definition) is 9. The van der Waals surface area contributed by atoms with E-state index >= 15 is 0 Å². The van der Waals surface area contributed by atoms with Crippen LogP contribution in [0, 0.1) is 0 Å². The van der Waals surface area contributed by atoms with Gasteiger partial charge in [-0.1, -0.05) is 0 Å². The van der Waals surface area contributed by atoms with E-state index in [-0.39, 0.29) is 17.1 Å². The molecule has 4 atom stereocenters. The molecular formula is C10H14N5O8P. The number of H-pyrrole nitrogens is 1. The fourth-order valence-electron chi connectivity index (χ4n) is 2.40. The van der Waals surface area contributed by atoms with Gasteiger partial charge in [-0.25, -0.2) is 9.55 Å². The number of phosphoric acid groups is 1. The maximum atomic E-state index is 11.7. The Kier molecular flexibility index (Phi) is 4.17. The van der Waals surface area contributed by atoms with Gasteiger partial charge in [0.25, 0.3) is 5.56 Å². The molecular weight excluding hydrogens is 349 g/mol. The molecule has 132 valence electrons. The van der Waals surface area contributed by atoms with E-state index in [1.165, 1.54) is 10.9 Å². The molecule has 0 radical (unpaired) electrons. The monoisotopic (exact) mass is 363 g/mol. The van der Waals surface area contributed by atoms with Crippen molar-refractivity contribution in [3.8, 4) is 0 Å². The van der Waals surface area contributed by atoms with Gasteiger partial charge >= 0.3 is 7.82 Å². The number of anilines is 1. The number of ether oxygens (including phenoxy) is 1. The molecule has 13 nitrogen and oxygen atoms in total. The summed E-state index contributed by atoms with van der Waals surface area (Å²) in [5.74, 6) is -0.177. The molecule has 3 unspecified atom stereocenters. The van der Waals surface area contributed by atoms with Crippen LogP contribution in [0.15, 0.2) is 11.1 Å². The molecule has 3 heterocycles. The number of rotatable bonds is 4. The standard InChI is InChI=1S/C10H14N5O8P/c11-10-13-7-4(8(18)14-10)12-2-15(7)9-6(17)5(16)3(23-9)1-22-24(19,20)21/h2-3,5-6,9,16-17H,1H2,(H2,19,20,21)(H3,11,13,14,18)/t3?,5?,6-,9?/m0/s1. The Balaban J connectivity index is 1.90. The SMILES string of the molecule is Nc1nc2c(ncn2C2OC(COP(=O)(O)O)C(O)[C@@H]2O)c(=O)[nH]1. The Labute approximate surface area is 132 Å². The normalized spacial score (nSPS) is 27.8. The zero-order chi connectivity index (χ0) is 17.6. The summed E-state index contributed by atoms with van der Waals surface area (Å²) < 4.78 is 21.6. The van der Waals surface area contributed by atoms with Gasteiger partial charge in [0.2, 0.25) is 5.95 Å². The van der Waals surface area contributed by atoms with Crippen LogP contribution >= 0.6 is 7.82 Å². The van der Waals surface area contributed by atoms with Gasteiger partial charge < -0.3 is 30.5 Å². The van der Waals surface area contributed by atoms with E-state index in [2.05, 4.69) is 19.5 Å². The van der Waals surface area contributed by atoms with Crippen molar-refractivity contribution in [1.82, 2.24) is 19.5 Å². The van der Waals surface area contributed by atoms with E-state index in [0.717, 1.165) is 0 Å². The third-order valence-electron chi connectivity index (χ3n) is 3.47. The van der Waals surface area contributed by atoms with Crippen molar-refractivity contribution in [1.29, 1.82) is 0 Å². The van der Waals surface area contributed by atoms with Crippen LogP contribution in [-0.4, -0.2) is 64.4 Å². The molecule has 0 bridgehead atoms. The first kappa shape index (κ1) is 17.0. The number of aliphatic hydroxyl groups excluding tert-OH is 2. The number of imidazole rings is 1. The smallest absolute Gasteiger partial charge is 0.387 e. The average molecular weight is 363 g/mol. The highest BCUT2D eigenvalue weighted by molar-refractivity contribution is 7.46. The van der Waals surface area contributed by atoms with Crippen LogP contribution in [0.3, 0.4) is 0 Å². The molecule has 0 aliphatic carbocycles. The molecule has 2 aromatic rings. The highest BCUT2D eigenvalue weighted by Gasteiger charge is 2.45. The van der Waals surface area contributed by atoms with Crippen LogP contribution in [0.4, 0.5) is 5.95 Å². The molecule has 3 rings (SSSR count). The fourth-order valence-corrected chi connectivity index (χ4v) is 2.74. The summed E-state index contributed by atoms with van der Waals surface area (Å²) >= 11 is 0. The van der Waals surface area contributed by atoms with Crippen molar-refractivity contribution in [2.45, 2.75) is 24.5 Å². The van der Waals surface area contributed by atoms with E-state index in [1.807, 2.05) is 0 Å². The van der Waals surface area contributed by atoms with E-state index in [1.54, 1.807) is 0 Å². The number of nitrogens with one attached hydrogen (secondary N) is 1. The van der Waals surface area contributed by atoms with Crippen LogP contribution in [0.1, 0.15) is 6.23 Å². The second kappa shape index (κ2) is 5.89. The number of nitrogen functional groups attached to an aromatic ring is 1. The molecule has 1 saturated heterocycles. The van der Waals surface area contributed by atoms with Gasteiger partial charge in [-0.05, 0) is 0 Å². The number of nitrogens with zero attached hydrogens (tertiary/aromatic N) is 3. The number of phosphoric ester groups is 1. The molecule has 7 N–H and O–H groups in total. The summed E-state index contributed by atoms with van der Waals surface area (Å²) in [5, 5.41) is 20.1. The van der Waals surface area contributed by atoms with Crippen molar-refractivity contribution in [3.05, 3.63) is 16.7 Å². The average Bonchev–Trinajstić information content (AvgIpc) is 3.00. The molecule has 1 aliphatic heterocycles. The molecule has 1 aliphatic rings. The zero-order valence-electron chi connectivity index (χ0n) is 11.9. The molecule has 2 aromatic heterocycles. The Bertz CT molecular complexity index is 861. The first-order valence-electron chi connectivity index (χ1n) is 6.61. The number of aromatic amines is 1. The van der Waals surface area contributed by atoms with Gasteiger partial charge in [0.1, 0.15) is 18.3 Å². The summed E-state index contributed by atoms with van der Waals surface area (Å²) in [4.78, 5) is 39.1. The van der Waals surface area contributed by atoms with E-state index in [0.29, 0.717) is 0 Å². The van der Waals surface area contributed by atoms with Crippen molar-refractivity contribution in [2.75, 3.05) is 12.3 Å². The fraction of sp³-hybridized carbons (Fsp3) is 0.500. The lowest BCUT2D eigenvalue weighted by Crippen LogP contribution is -2.33. The molecule has 0 saturated carbocycles. The predicted molar refractivity (Wildman–Crippen MR) is 76.5 cm³/mol. The summed E-state index contributed by atoms with van der Waals surface area (Å²) in [5.41, 5.74) is 4.84. The van der Waals surface area contributed by atoms with E-state index in [4.69, 9.17) is 20.3 Å². The van der Waals surface area contributed by atoms with Crippen molar-refractivity contribution in [3.63, 3.8) is 0 Å². The van der Waals surface area contributed by atoms with E-state index in [9.17, 15) is 19.6 Å². The van der Waals surface area contributed by atoms with Gasteiger partial charge in [0, 0.05) is 0 Å². The molecule has 1 fully saturated rings. The first-order valence-corrected chi connectivity index (χ1v) is 8.14. The highest BCUT2D eigenvalue weighted by atomic mass is 31.2. The van der Waals surface area contributed by atoms with Crippen molar-refractivity contribution < 1.29 is 33.8 Å². The van der Waals surface area contributed by atoms with Gasteiger partial charge in [0.05, 0.1) is 12.9 Å². The number of aliphatic hydroxyl groups is 2. The minimum atomic E-state index is -4.76. The molecule has 0 spiro atoms. The van der Waals surface area contributed by atoms with Crippen LogP contribution in [0.5, 0.6) is 0 Å². The highest BCUT2D eigenvalue weighted by Crippen LogP contribution is 2.38. The topological polar surface area (TPSA) is 206 Å². The van der Waals surface area contributed by atoms with Gasteiger partial charge in [-0.3, -0.25) is 18.9 Å². The molecule has 24 heavy (non-hydrogen) atoms. The largest absolute Gasteiger partial charge is 0.469 e. The lowest BCUT2D eigenvalue weighted by Gasteiger charge is -2.16. The van der Waals surface area contributed by atoms with Crippen LogP contribution in [0.25, 0.3) is 11.2 Å². The quantitative estimate of drug-likeness (QED) is 0.311. The Hall–Kier alpha value is -1.86. The first-order chi connectivity index (χ1) is 11.2. The number of nitrogens with two attached hydrogens (primary N) is 1. The predicted octanol–water partition coefficient (Wildman–Crippen LogP) is -2.57. The lowest BCUT2D eigenvalue weighted by molar-refractivity contribution is -0.0503. The molecule has 14 heteroatoms. The van der Waals surface area contributed by atoms with Crippen LogP contribution in [-0.2, 0) is 13.8 Å². The summed E-state index contributed by atoms with van der Waals surface area (Å²) in [6.45, 7) is -0.651. The molecule has 0 aromatic carbocycles.